The molecule has 0 aliphatic heterocycles. The molecule has 0 aliphatic carbocycles. The lowest BCUT2D eigenvalue weighted by Crippen LogP contribution is -1.94. The Labute approximate surface area is 99.1 Å². The zero-order chi connectivity index (χ0) is 12.1. The van der Waals surface area contributed by atoms with Crippen molar-refractivity contribution in [2.45, 2.75) is 12.7 Å². The topological polar surface area (TPSA) is 55.5 Å². The van der Waals surface area contributed by atoms with E-state index >= 15 is 0 Å². The van der Waals surface area contributed by atoms with Gasteiger partial charge in [0.1, 0.15) is 12.7 Å². The van der Waals surface area contributed by atoms with Gasteiger partial charge in [-0.25, -0.2) is 0 Å². The summed E-state index contributed by atoms with van der Waals surface area (Å²) >= 11 is 0. The highest BCUT2D eigenvalue weighted by Gasteiger charge is 2.11. The van der Waals surface area contributed by atoms with E-state index in [9.17, 15) is 5.11 Å². The van der Waals surface area contributed by atoms with Crippen molar-refractivity contribution in [2.75, 3.05) is 0 Å². The lowest BCUT2D eigenvalue weighted by Gasteiger charge is -2.00. The molecule has 0 saturated carbocycles. The van der Waals surface area contributed by atoms with Gasteiger partial charge < -0.3 is 14.4 Å². The largest absolute Gasteiger partial charge is 0.471 e. The van der Waals surface area contributed by atoms with Crippen LogP contribution in [-0.4, -0.2) is 10.3 Å². The van der Waals surface area contributed by atoms with Gasteiger partial charge in [-0.15, -0.1) is 6.58 Å². The molecule has 2 rings (SSSR count). The van der Waals surface area contributed by atoms with Gasteiger partial charge in [-0.1, -0.05) is 36.4 Å². The standard InChI is InChI=1S/C13H13NO3/c1-2-11(15)12-8-13(14-17-12)16-9-10-6-4-3-5-7-10/h2-8,11,15H,1,9H2/t11-/m1/s1. The summed E-state index contributed by atoms with van der Waals surface area (Å²) < 4.78 is 10.3. The average molecular weight is 231 g/mol. The molecule has 0 amide bonds. The molecule has 0 fully saturated rings. The predicted octanol–water partition coefficient (Wildman–Crippen LogP) is 2.47. The van der Waals surface area contributed by atoms with Gasteiger partial charge in [0.15, 0.2) is 5.76 Å². The molecular weight excluding hydrogens is 218 g/mol. The van der Waals surface area contributed by atoms with Crippen LogP contribution in [0.25, 0.3) is 0 Å². The molecule has 1 heterocycles. The third-order valence-electron chi connectivity index (χ3n) is 2.25. The number of nitrogens with zero attached hydrogens (tertiary/aromatic N) is 1. The van der Waals surface area contributed by atoms with Crippen molar-refractivity contribution in [3.05, 3.63) is 60.4 Å². The van der Waals surface area contributed by atoms with Crippen LogP contribution in [0.1, 0.15) is 17.4 Å². The van der Waals surface area contributed by atoms with E-state index in [1.165, 1.54) is 6.08 Å². The molecule has 0 aliphatic rings. The summed E-state index contributed by atoms with van der Waals surface area (Å²) in [6.45, 7) is 3.87. The van der Waals surface area contributed by atoms with E-state index < -0.39 is 6.10 Å². The molecule has 0 radical (unpaired) electrons. The second-order valence-corrected chi connectivity index (χ2v) is 3.52. The maximum Gasteiger partial charge on any atom is 0.254 e. The molecule has 4 nitrogen and oxygen atoms in total. The van der Waals surface area contributed by atoms with Crippen LogP contribution in [0, 0.1) is 0 Å². The minimum atomic E-state index is -0.850. The fourth-order valence-corrected chi connectivity index (χ4v) is 1.33. The molecule has 0 bridgehead atoms. The summed E-state index contributed by atoms with van der Waals surface area (Å²) in [6.07, 6.45) is 0.512. The fraction of sp³-hybridized carbons (Fsp3) is 0.154. The van der Waals surface area contributed by atoms with Crippen LogP contribution in [0.2, 0.25) is 0 Å². The monoisotopic (exact) mass is 231 g/mol. The molecule has 0 unspecified atom stereocenters. The van der Waals surface area contributed by atoms with Crippen molar-refractivity contribution in [3.8, 4) is 5.88 Å². The van der Waals surface area contributed by atoms with Crippen molar-refractivity contribution < 1.29 is 14.4 Å². The first-order valence-electron chi connectivity index (χ1n) is 5.23. The summed E-state index contributed by atoms with van der Waals surface area (Å²) in [6, 6.07) is 11.3. The summed E-state index contributed by atoms with van der Waals surface area (Å²) in [4.78, 5) is 0. The van der Waals surface area contributed by atoms with Gasteiger partial charge in [0.25, 0.3) is 5.88 Å². The third kappa shape index (κ3) is 2.95. The molecule has 88 valence electrons. The highest BCUT2D eigenvalue weighted by atomic mass is 16.5. The van der Waals surface area contributed by atoms with E-state index in [0.717, 1.165) is 5.56 Å². The Balaban J connectivity index is 1.96. The summed E-state index contributed by atoms with van der Waals surface area (Å²) in [5.41, 5.74) is 1.04. The molecule has 1 aromatic heterocycles. The fourth-order valence-electron chi connectivity index (χ4n) is 1.33. The summed E-state index contributed by atoms with van der Waals surface area (Å²) in [7, 11) is 0. The SMILES string of the molecule is C=C[C@@H](O)c1cc(OCc2ccccc2)no1. The second-order valence-electron chi connectivity index (χ2n) is 3.52. The molecule has 0 saturated heterocycles. The Morgan fingerprint density at radius 3 is 2.88 bits per heavy atom. The minimum absolute atomic E-state index is 0.322. The number of hydrogen-bond acceptors (Lipinski definition) is 4. The average Bonchev–Trinajstić information content (AvgIpc) is 2.85. The van der Waals surface area contributed by atoms with E-state index in [-0.39, 0.29) is 0 Å². The smallest absolute Gasteiger partial charge is 0.254 e. The molecule has 17 heavy (non-hydrogen) atoms. The minimum Gasteiger partial charge on any atom is -0.471 e. The first-order chi connectivity index (χ1) is 8.29. The lowest BCUT2D eigenvalue weighted by atomic mass is 10.2. The molecule has 2 aromatic rings. The van der Waals surface area contributed by atoms with E-state index in [0.29, 0.717) is 18.2 Å². The number of aliphatic hydroxyl groups is 1. The van der Waals surface area contributed by atoms with E-state index in [1.807, 2.05) is 30.3 Å². The van der Waals surface area contributed by atoms with Gasteiger partial charge in [-0.3, -0.25) is 0 Å². The molecule has 1 N–H and O–H groups in total. The number of rotatable bonds is 5. The van der Waals surface area contributed by atoms with Crippen molar-refractivity contribution in [3.63, 3.8) is 0 Å². The summed E-state index contributed by atoms with van der Waals surface area (Å²) in [5, 5.41) is 13.1. The van der Waals surface area contributed by atoms with E-state index in [4.69, 9.17) is 9.26 Å². The number of ether oxygens (including phenoxy) is 1. The Kier molecular flexibility index (Phi) is 3.57. The number of hydrogen-bond donors (Lipinski definition) is 1. The van der Waals surface area contributed by atoms with Gasteiger partial charge >= 0.3 is 0 Å². The highest BCUT2D eigenvalue weighted by molar-refractivity contribution is 5.18. The normalized spacial score (nSPS) is 12.1. The number of aromatic nitrogens is 1. The van der Waals surface area contributed by atoms with Crippen LogP contribution in [0.4, 0.5) is 0 Å². The Bertz CT molecular complexity index is 478. The molecule has 4 heteroatoms. The maximum absolute atomic E-state index is 9.42. The van der Waals surface area contributed by atoms with Gasteiger partial charge in [-0.2, -0.15) is 0 Å². The quantitative estimate of drug-likeness (QED) is 0.803. The van der Waals surface area contributed by atoms with E-state index in [1.54, 1.807) is 6.07 Å². The van der Waals surface area contributed by atoms with Crippen LogP contribution in [0.15, 0.2) is 53.6 Å². The Hall–Kier alpha value is -2.07. The molecular formula is C13H13NO3. The van der Waals surface area contributed by atoms with Crippen molar-refractivity contribution in [1.82, 2.24) is 5.16 Å². The van der Waals surface area contributed by atoms with E-state index in [2.05, 4.69) is 11.7 Å². The van der Waals surface area contributed by atoms with Crippen LogP contribution in [-0.2, 0) is 6.61 Å². The molecule has 1 atom stereocenters. The predicted molar refractivity (Wildman–Crippen MR) is 62.4 cm³/mol. The number of aliphatic hydroxyl groups excluding tert-OH is 1. The second kappa shape index (κ2) is 5.32. The molecule has 0 spiro atoms. The van der Waals surface area contributed by atoms with Crippen LogP contribution >= 0.6 is 0 Å². The van der Waals surface area contributed by atoms with Crippen molar-refractivity contribution in [1.29, 1.82) is 0 Å². The Morgan fingerprint density at radius 2 is 2.18 bits per heavy atom. The third-order valence-corrected chi connectivity index (χ3v) is 2.25. The van der Waals surface area contributed by atoms with Gasteiger partial charge in [0.05, 0.1) is 0 Å². The van der Waals surface area contributed by atoms with Crippen molar-refractivity contribution in [2.24, 2.45) is 0 Å². The van der Waals surface area contributed by atoms with Crippen molar-refractivity contribution >= 4 is 0 Å². The summed E-state index contributed by atoms with van der Waals surface area (Å²) in [5.74, 6) is 0.674. The van der Waals surface area contributed by atoms with Gasteiger partial charge in [0, 0.05) is 6.07 Å². The van der Waals surface area contributed by atoms with Crippen LogP contribution < -0.4 is 4.74 Å². The van der Waals surface area contributed by atoms with Crippen LogP contribution in [0.3, 0.4) is 0 Å². The lowest BCUT2D eigenvalue weighted by molar-refractivity contribution is 0.181. The highest BCUT2D eigenvalue weighted by Crippen LogP contribution is 2.19. The Morgan fingerprint density at radius 1 is 1.41 bits per heavy atom. The van der Waals surface area contributed by atoms with Gasteiger partial charge in [-0.05, 0) is 10.7 Å². The molecule has 1 aromatic carbocycles. The first kappa shape index (κ1) is 11.4. The zero-order valence-electron chi connectivity index (χ0n) is 9.24. The first-order valence-corrected chi connectivity index (χ1v) is 5.23. The number of benzene rings is 1. The van der Waals surface area contributed by atoms with Gasteiger partial charge in [0.2, 0.25) is 0 Å². The van der Waals surface area contributed by atoms with Crippen LogP contribution in [0.5, 0.6) is 5.88 Å². The zero-order valence-corrected chi connectivity index (χ0v) is 9.24. The maximum atomic E-state index is 9.42.